The van der Waals surface area contributed by atoms with Gasteiger partial charge in [-0.2, -0.15) is 0 Å². The van der Waals surface area contributed by atoms with Crippen LogP contribution in [0.4, 0.5) is 0 Å². The van der Waals surface area contributed by atoms with E-state index in [9.17, 15) is 0 Å². The molecule has 2 unspecified atom stereocenters. The van der Waals surface area contributed by atoms with Gasteiger partial charge in [0.05, 0.1) is 0 Å². The monoisotopic (exact) mass is 476 g/mol. The largest absolute Gasteiger partial charge is 1.00 e. The molecule has 134 valence electrons. The summed E-state index contributed by atoms with van der Waals surface area (Å²) in [6, 6.07) is 29.3. The summed E-state index contributed by atoms with van der Waals surface area (Å²) in [6.07, 6.45) is 5.02. The van der Waals surface area contributed by atoms with Gasteiger partial charge in [-0.15, -0.1) is 0 Å². The van der Waals surface area contributed by atoms with E-state index >= 15 is 0 Å². The van der Waals surface area contributed by atoms with Gasteiger partial charge in [0, 0.05) is 0 Å². The smallest absolute Gasteiger partial charge is 1.00 e. The number of halogens is 2. The molecule has 3 aromatic rings. The van der Waals surface area contributed by atoms with Crippen molar-refractivity contribution in [1.82, 2.24) is 0 Å². The van der Waals surface area contributed by atoms with E-state index in [4.69, 9.17) is 0 Å². The summed E-state index contributed by atoms with van der Waals surface area (Å²) in [4.78, 5) is 0. The maximum Gasteiger partial charge on any atom is -1.00 e. The summed E-state index contributed by atoms with van der Waals surface area (Å²) in [5, 5.41) is 0. The van der Waals surface area contributed by atoms with Gasteiger partial charge in [-0.05, 0) is 0 Å². The molecule has 0 amide bonds. The van der Waals surface area contributed by atoms with Crippen LogP contribution in [-0.2, 0) is 23.2 Å². The molecular formula is C24H17BCl2Zr. The Labute approximate surface area is 190 Å². The molecule has 1 aliphatic heterocycles. The fraction of sp³-hybridized carbons (Fsp3) is 0.0833. The standard InChI is InChI=1S/C24H17B.2ClH.Zr/c1-2-12-22(13-3-1)25(23-14-18-8-4-5-9-19(18)15-23)24-16-20-10-6-7-11-21(20)17-24;;;/h1-17H;2*1H;/q;;;+2/p-2. The van der Waals surface area contributed by atoms with E-state index in [0.717, 1.165) is 0 Å². The Morgan fingerprint density at radius 3 is 1.57 bits per heavy atom. The zero-order valence-corrected chi connectivity index (χ0v) is 19.1. The Morgan fingerprint density at radius 1 is 0.571 bits per heavy atom. The molecule has 0 N–H and O–H groups in total. The molecule has 1 heterocycles. The van der Waals surface area contributed by atoms with E-state index in [1.54, 1.807) is 22.1 Å². The fourth-order valence-corrected chi connectivity index (χ4v) is 10.1. The molecule has 3 aliphatic rings. The summed E-state index contributed by atoms with van der Waals surface area (Å²) >= 11 is -0.666. The molecule has 0 nitrogen and oxygen atoms in total. The van der Waals surface area contributed by atoms with Crippen LogP contribution >= 0.6 is 0 Å². The van der Waals surface area contributed by atoms with Crippen molar-refractivity contribution in [2.24, 2.45) is 0 Å². The van der Waals surface area contributed by atoms with Crippen molar-refractivity contribution >= 4 is 24.3 Å². The van der Waals surface area contributed by atoms with Crippen LogP contribution in [0.5, 0.6) is 0 Å². The predicted octanol–water partition coefficient (Wildman–Crippen LogP) is -1.15. The number of fused-ring (bicyclic) bond motifs is 6. The molecule has 0 bridgehead atoms. The second-order valence-electron chi connectivity index (χ2n) is 7.42. The normalized spacial score (nSPS) is 19.9. The van der Waals surface area contributed by atoms with Gasteiger partial charge in [0.1, 0.15) is 0 Å². The van der Waals surface area contributed by atoms with Gasteiger partial charge >= 0.3 is 167 Å². The SMILES string of the molecule is C1=C2B(c3ccccc3)C3=Cc4ccccc4[CH]3[Zr+2][CH]2c2ccccc21.[Cl-].[Cl-]. The molecule has 1 fully saturated rings. The Kier molecular flexibility index (Phi) is 5.58. The zero-order chi connectivity index (χ0) is 17.1. The van der Waals surface area contributed by atoms with Crippen molar-refractivity contribution in [1.29, 1.82) is 0 Å². The number of rotatable bonds is 1. The van der Waals surface area contributed by atoms with Crippen LogP contribution in [0.2, 0.25) is 0 Å². The number of hydrogen-bond acceptors (Lipinski definition) is 0. The quantitative estimate of drug-likeness (QED) is 0.388. The van der Waals surface area contributed by atoms with E-state index < -0.39 is 23.2 Å². The topological polar surface area (TPSA) is 0 Å². The molecule has 0 aromatic heterocycles. The Bertz CT molecular complexity index is 1020. The van der Waals surface area contributed by atoms with Gasteiger partial charge < -0.3 is 24.8 Å². The second-order valence-corrected chi connectivity index (χ2v) is 11.1. The average molecular weight is 478 g/mol. The molecule has 0 saturated carbocycles. The summed E-state index contributed by atoms with van der Waals surface area (Å²) in [5.74, 6) is 0. The van der Waals surface area contributed by atoms with E-state index in [-0.39, 0.29) is 24.8 Å². The van der Waals surface area contributed by atoms with Crippen molar-refractivity contribution < 1.29 is 48.0 Å². The first-order valence-electron chi connectivity index (χ1n) is 9.32. The minimum Gasteiger partial charge on any atom is -1.00 e. The first-order chi connectivity index (χ1) is 12.9. The first kappa shape index (κ1) is 20.0. The van der Waals surface area contributed by atoms with Crippen LogP contribution in [0.1, 0.15) is 29.5 Å². The molecular weight excluding hydrogens is 461 g/mol. The van der Waals surface area contributed by atoms with E-state index in [1.807, 2.05) is 0 Å². The summed E-state index contributed by atoms with van der Waals surface area (Å²) in [5.41, 5.74) is 10.9. The molecule has 1 saturated heterocycles. The van der Waals surface area contributed by atoms with Crippen molar-refractivity contribution in [3.8, 4) is 0 Å². The predicted molar refractivity (Wildman–Crippen MR) is 106 cm³/mol. The molecule has 6 rings (SSSR count). The van der Waals surface area contributed by atoms with E-state index in [1.165, 1.54) is 16.6 Å². The fourth-order valence-electron chi connectivity index (χ4n) is 4.96. The molecule has 3 aromatic carbocycles. The van der Waals surface area contributed by atoms with Gasteiger partial charge in [0.25, 0.3) is 0 Å². The van der Waals surface area contributed by atoms with Gasteiger partial charge in [0.2, 0.25) is 0 Å². The minimum absolute atomic E-state index is 0. The maximum atomic E-state index is 2.51. The van der Waals surface area contributed by atoms with Gasteiger partial charge in [-0.3, -0.25) is 0 Å². The van der Waals surface area contributed by atoms with Gasteiger partial charge in [-0.1, -0.05) is 0 Å². The van der Waals surface area contributed by atoms with Crippen LogP contribution in [0, 0.1) is 0 Å². The van der Waals surface area contributed by atoms with Crippen LogP contribution in [0.25, 0.3) is 12.2 Å². The summed E-state index contributed by atoms with van der Waals surface area (Å²) in [7, 11) is 0. The van der Waals surface area contributed by atoms with Crippen LogP contribution in [0.3, 0.4) is 0 Å². The van der Waals surface area contributed by atoms with E-state index in [2.05, 4.69) is 91.0 Å². The number of hydrogen-bond donors (Lipinski definition) is 0. The third-order valence-electron chi connectivity index (χ3n) is 6.06. The van der Waals surface area contributed by atoms with Crippen molar-refractivity contribution in [2.45, 2.75) is 7.25 Å². The van der Waals surface area contributed by atoms with Crippen LogP contribution < -0.4 is 30.3 Å². The van der Waals surface area contributed by atoms with Crippen molar-refractivity contribution in [3.63, 3.8) is 0 Å². The minimum atomic E-state index is -0.666. The molecule has 2 atom stereocenters. The zero-order valence-electron chi connectivity index (χ0n) is 15.1. The summed E-state index contributed by atoms with van der Waals surface area (Å²) < 4.78 is 1.43. The molecule has 4 heteroatoms. The third kappa shape index (κ3) is 2.93. The van der Waals surface area contributed by atoms with Gasteiger partial charge in [-0.25, -0.2) is 0 Å². The molecule has 2 aliphatic carbocycles. The van der Waals surface area contributed by atoms with Crippen LogP contribution in [-0.4, -0.2) is 6.71 Å². The summed E-state index contributed by atoms with van der Waals surface area (Å²) in [6.45, 7) is 0.445. The number of benzene rings is 3. The maximum absolute atomic E-state index is 2.51. The van der Waals surface area contributed by atoms with E-state index in [0.29, 0.717) is 14.0 Å². The van der Waals surface area contributed by atoms with Crippen molar-refractivity contribution in [2.75, 3.05) is 0 Å². The third-order valence-corrected chi connectivity index (χ3v) is 10.9. The molecule has 0 spiro atoms. The van der Waals surface area contributed by atoms with Crippen LogP contribution in [0.15, 0.2) is 89.8 Å². The molecule has 28 heavy (non-hydrogen) atoms. The number of allylic oxidation sites excluding steroid dienone is 2. The first-order valence-corrected chi connectivity index (χ1v) is 12.2. The Balaban J connectivity index is 0.000000961. The molecule has 0 radical (unpaired) electrons. The van der Waals surface area contributed by atoms with Gasteiger partial charge in [0.15, 0.2) is 0 Å². The Morgan fingerprint density at radius 2 is 1.04 bits per heavy atom. The Hall–Kier alpha value is -1.33. The second kappa shape index (κ2) is 7.83. The average Bonchev–Trinajstić information content (AvgIpc) is 3.25. The van der Waals surface area contributed by atoms with Crippen molar-refractivity contribution in [3.05, 3.63) is 112 Å².